The van der Waals surface area contributed by atoms with Gasteiger partial charge in [-0.15, -0.1) is 0 Å². The molecule has 2 rings (SSSR count). The standard InChI is InChI=1S/C16H15NO2S/c1-12-6-7-13(8-9-17)16(10-12)14-4-3-5-15(11-14)20(2,18)19/h3-7,10-11H,8H2,1-2H3. The third kappa shape index (κ3) is 3.06. The molecule has 0 fully saturated rings. The maximum absolute atomic E-state index is 11.6. The van der Waals surface area contributed by atoms with E-state index >= 15 is 0 Å². The maximum atomic E-state index is 11.6. The molecule has 0 bridgehead atoms. The van der Waals surface area contributed by atoms with E-state index in [1.165, 1.54) is 6.26 Å². The molecule has 0 aliphatic carbocycles. The summed E-state index contributed by atoms with van der Waals surface area (Å²) in [5, 5.41) is 8.90. The van der Waals surface area contributed by atoms with Crippen LogP contribution < -0.4 is 0 Å². The van der Waals surface area contributed by atoms with Crippen LogP contribution in [0.2, 0.25) is 0 Å². The van der Waals surface area contributed by atoms with Crippen molar-refractivity contribution in [3.8, 4) is 17.2 Å². The molecular weight excluding hydrogens is 270 g/mol. The number of hydrogen-bond acceptors (Lipinski definition) is 3. The molecule has 0 aliphatic heterocycles. The number of rotatable bonds is 3. The molecule has 102 valence electrons. The second-order valence-corrected chi connectivity index (χ2v) is 6.81. The summed E-state index contributed by atoms with van der Waals surface area (Å²) in [5.74, 6) is 0. The van der Waals surface area contributed by atoms with Crippen LogP contribution in [-0.4, -0.2) is 14.7 Å². The summed E-state index contributed by atoms with van der Waals surface area (Å²) in [4.78, 5) is 0.291. The zero-order valence-corrected chi connectivity index (χ0v) is 12.2. The van der Waals surface area contributed by atoms with Crippen molar-refractivity contribution in [1.29, 1.82) is 5.26 Å². The smallest absolute Gasteiger partial charge is 0.175 e. The normalized spacial score (nSPS) is 11.1. The van der Waals surface area contributed by atoms with Crippen molar-refractivity contribution < 1.29 is 8.42 Å². The molecule has 20 heavy (non-hydrogen) atoms. The highest BCUT2D eigenvalue weighted by molar-refractivity contribution is 7.90. The molecule has 0 heterocycles. The Morgan fingerprint density at radius 3 is 2.55 bits per heavy atom. The van der Waals surface area contributed by atoms with Gasteiger partial charge < -0.3 is 0 Å². The van der Waals surface area contributed by atoms with Gasteiger partial charge in [0.2, 0.25) is 0 Å². The Balaban J connectivity index is 2.63. The van der Waals surface area contributed by atoms with E-state index in [0.717, 1.165) is 22.3 Å². The molecule has 2 aromatic carbocycles. The average molecular weight is 285 g/mol. The zero-order valence-electron chi connectivity index (χ0n) is 11.4. The van der Waals surface area contributed by atoms with E-state index < -0.39 is 9.84 Å². The lowest BCUT2D eigenvalue weighted by Gasteiger charge is -2.10. The SMILES string of the molecule is Cc1ccc(CC#N)c(-c2cccc(S(C)(=O)=O)c2)c1. The predicted molar refractivity (Wildman–Crippen MR) is 79.0 cm³/mol. The van der Waals surface area contributed by atoms with E-state index in [1.54, 1.807) is 18.2 Å². The number of nitriles is 1. The zero-order chi connectivity index (χ0) is 14.8. The van der Waals surface area contributed by atoms with Crippen molar-refractivity contribution in [2.75, 3.05) is 6.26 Å². The van der Waals surface area contributed by atoms with Crippen LogP contribution in [0.3, 0.4) is 0 Å². The fourth-order valence-electron chi connectivity index (χ4n) is 2.09. The summed E-state index contributed by atoms with van der Waals surface area (Å²) in [6.07, 6.45) is 1.50. The Hall–Kier alpha value is -2.12. The fourth-order valence-corrected chi connectivity index (χ4v) is 2.76. The van der Waals surface area contributed by atoms with Gasteiger partial charge in [-0.05, 0) is 35.7 Å². The second kappa shape index (κ2) is 5.48. The van der Waals surface area contributed by atoms with E-state index in [9.17, 15) is 8.42 Å². The van der Waals surface area contributed by atoms with Crippen LogP contribution in [0.5, 0.6) is 0 Å². The van der Waals surface area contributed by atoms with Gasteiger partial charge in [0.15, 0.2) is 9.84 Å². The molecule has 0 saturated heterocycles. The molecule has 0 amide bonds. The topological polar surface area (TPSA) is 57.9 Å². The summed E-state index contributed by atoms with van der Waals surface area (Å²) in [6, 6.07) is 14.8. The van der Waals surface area contributed by atoms with Gasteiger partial charge in [0.05, 0.1) is 17.4 Å². The number of benzene rings is 2. The summed E-state index contributed by atoms with van der Waals surface area (Å²) >= 11 is 0. The first-order valence-electron chi connectivity index (χ1n) is 6.19. The molecule has 0 saturated carbocycles. The van der Waals surface area contributed by atoms with Gasteiger partial charge >= 0.3 is 0 Å². The molecular formula is C16H15NO2S. The third-order valence-electron chi connectivity index (χ3n) is 3.11. The van der Waals surface area contributed by atoms with Gasteiger partial charge in [-0.3, -0.25) is 0 Å². The van der Waals surface area contributed by atoms with Crippen molar-refractivity contribution in [3.63, 3.8) is 0 Å². The van der Waals surface area contributed by atoms with Gasteiger partial charge in [-0.25, -0.2) is 8.42 Å². The lowest BCUT2D eigenvalue weighted by Crippen LogP contribution is -1.97. The molecule has 0 aliphatic rings. The van der Waals surface area contributed by atoms with Crippen LogP contribution in [0.25, 0.3) is 11.1 Å². The van der Waals surface area contributed by atoms with E-state index in [-0.39, 0.29) is 0 Å². The summed E-state index contributed by atoms with van der Waals surface area (Å²) in [6.45, 7) is 1.97. The molecule has 0 unspecified atom stereocenters. The Morgan fingerprint density at radius 2 is 1.90 bits per heavy atom. The molecule has 4 heteroatoms. The Labute approximate surface area is 119 Å². The van der Waals surface area contributed by atoms with Gasteiger partial charge in [-0.2, -0.15) is 5.26 Å². The second-order valence-electron chi connectivity index (χ2n) is 4.80. The molecule has 0 spiro atoms. The minimum atomic E-state index is -3.23. The molecule has 3 nitrogen and oxygen atoms in total. The Kier molecular flexibility index (Phi) is 3.91. The molecule has 0 aromatic heterocycles. The molecule has 0 atom stereocenters. The van der Waals surface area contributed by atoms with Gasteiger partial charge in [0.1, 0.15) is 0 Å². The first-order valence-corrected chi connectivity index (χ1v) is 8.08. The van der Waals surface area contributed by atoms with Crippen LogP contribution in [0, 0.1) is 18.3 Å². The quantitative estimate of drug-likeness (QED) is 0.870. The van der Waals surface area contributed by atoms with Crippen LogP contribution >= 0.6 is 0 Å². The van der Waals surface area contributed by atoms with E-state index in [1.807, 2.05) is 31.2 Å². The van der Waals surface area contributed by atoms with Gasteiger partial charge in [0, 0.05) is 6.26 Å². The van der Waals surface area contributed by atoms with Crippen LogP contribution in [-0.2, 0) is 16.3 Å². The van der Waals surface area contributed by atoms with Gasteiger partial charge in [0.25, 0.3) is 0 Å². The maximum Gasteiger partial charge on any atom is 0.175 e. The molecule has 0 radical (unpaired) electrons. The van der Waals surface area contributed by atoms with Crippen molar-refractivity contribution in [2.45, 2.75) is 18.2 Å². The predicted octanol–water partition coefficient (Wildman–Crippen LogP) is 3.13. The summed E-state index contributed by atoms with van der Waals surface area (Å²) < 4.78 is 23.3. The highest BCUT2D eigenvalue weighted by atomic mass is 32.2. The van der Waals surface area contributed by atoms with E-state index in [2.05, 4.69) is 6.07 Å². The highest BCUT2D eigenvalue weighted by Crippen LogP contribution is 2.27. The lowest BCUT2D eigenvalue weighted by molar-refractivity contribution is 0.602. The number of nitrogens with zero attached hydrogens (tertiary/aromatic N) is 1. The average Bonchev–Trinajstić information content (AvgIpc) is 2.40. The first-order chi connectivity index (χ1) is 9.41. The summed E-state index contributed by atoms with van der Waals surface area (Å²) in [5.41, 5.74) is 3.72. The number of aryl methyl sites for hydroxylation is 1. The van der Waals surface area contributed by atoms with Crippen LogP contribution in [0.15, 0.2) is 47.4 Å². The van der Waals surface area contributed by atoms with E-state index in [0.29, 0.717) is 11.3 Å². The Morgan fingerprint density at radius 1 is 1.15 bits per heavy atom. The monoisotopic (exact) mass is 285 g/mol. The van der Waals surface area contributed by atoms with Crippen molar-refractivity contribution in [3.05, 3.63) is 53.6 Å². The van der Waals surface area contributed by atoms with Crippen molar-refractivity contribution in [2.24, 2.45) is 0 Å². The van der Waals surface area contributed by atoms with E-state index in [4.69, 9.17) is 5.26 Å². The van der Waals surface area contributed by atoms with Crippen LogP contribution in [0.4, 0.5) is 0 Å². The van der Waals surface area contributed by atoms with Gasteiger partial charge in [-0.1, -0.05) is 35.9 Å². The lowest BCUT2D eigenvalue weighted by atomic mass is 9.96. The van der Waals surface area contributed by atoms with Crippen molar-refractivity contribution >= 4 is 9.84 Å². The summed E-state index contributed by atoms with van der Waals surface area (Å²) in [7, 11) is -3.23. The third-order valence-corrected chi connectivity index (χ3v) is 4.22. The van der Waals surface area contributed by atoms with Crippen molar-refractivity contribution in [1.82, 2.24) is 0 Å². The highest BCUT2D eigenvalue weighted by Gasteiger charge is 2.10. The van der Waals surface area contributed by atoms with Crippen LogP contribution in [0.1, 0.15) is 11.1 Å². The number of sulfone groups is 1. The fraction of sp³-hybridized carbons (Fsp3) is 0.188. The largest absolute Gasteiger partial charge is 0.224 e. The minimum absolute atomic E-state index is 0.291. The first kappa shape index (κ1) is 14.3. The minimum Gasteiger partial charge on any atom is -0.224 e. The molecule has 0 N–H and O–H groups in total. The number of hydrogen-bond donors (Lipinski definition) is 0. The Bertz CT molecular complexity index is 786. The molecule has 2 aromatic rings.